The molecule has 0 unspecified atom stereocenters. The van der Waals surface area contributed by atoms with E-state index in [2.05, 4.69) is 62.7 Å². The first-order chi connectivity index (χ1) is 10.4. The van der Waals surface area contributed by atoms with Crippen LogP contribution in [0, 0.1) is 5.92 Å². The Morgan fingerprint density at radius 2 is 1.77 bits per heavy atom. The van der Waals surface area contributed by atoms with Crippen molar-refractivity contribution >= 4 is 23.5 Å². The van der Waals surface area contributed by atoms with Gasteiger partial charge < -0.3 is 13.9 Å². The Hall–Kier alpha value is -1.26. The molecule has 4 rings (SSSR count). The van der Waals surface area contributed by atoms with E-state index >= 15 is 0 Å². The summed E-state index contributed by atoms with van der Waals surface area (Å²) in [6.07, 6.45) is 4.97. The quantitative estimate of drug-likeness (QED) is 0.811. The highest BCUT2D eigenvalue weighted by atomic mass is 16.7. The molecule has 1 aromatic carbocycles. The van der Waals surface area contributed by atoms with E-state index in [9.17, 15) is 0 Å². The molecule has 116 valence electrons. The van der Waals surface area contributed by atoms with E-state index in [1.165, 1.54) is 23.7 Å². The van der Waals surface area contributed by atoms with Crippen LogP contribution in [-0.2, 0) is 15.9 Å². The summed E-state index contributed by atoms with van der Waals surface area (Å²) in [5.74, 6) is 0.887. The maximum atomic E-state index is 6.15. The van der Waals surface area contributed by atoms with Crippen molar-refractivity contribution in [3.63, 3.8) is 0 Å². The maximum Gasteiger partial charge on any atom is 0.494 e. The summed E-state index contributed by atoms with van der Waals surface area (Å²) in [5.41, 5.74) is 1.84. The van der Waals surface area contributed by atoms with Crippen molar-refractivity contribution in [1.29, 1.82) is 0 Å². The van der Waals surface area contributed by atoms with Crippen molar-refractivity contribution in [2.45, 2.75) is 58.3 Å². The summed E-state index contributed by atoms with van der Waals surface area (Å²) < 4.78 is 14.7. The number of fused-ring (bicyclic) bond motifs is 1. The fourth-order valence-corrected chi connectivity index (χ4v) is 3.08. The van der Waals surface area contributed by atoms with Crippen LogP contribution in [0.1, 0.15) is 40.5 Å². The monoisotopic (exact) mass is 297 g/mol. The highest BCUT2D eigenvalue weighted by Gasteiger charge is 2.51. The summed E-state index contributed by atoms with van der Waals surface area (Å²) in [4.78, 5) is 0. The molecule has 0 atom stereocenters. The van der Waals surface area contributed by atoms with Crippen LogP contribution in [0.3, 0.4) is 0 Å². The van der Waals surface area contributed by atoms with Gasteiger partial charge in [0.1, 0.15) is 0 Å². The second-order valence-electron chi connectivity index (χ2n) is 7.82. The molecular weight excluding hydrogens is 273 g/mol. The predicted octanol–water partition coefficient (Wildman–Crippen LogP) is 3.35. The van der Waals surface area contributed by atoms with Gasteiger partial charge in [-0.1, -0.05) is 12.1 Å². The minimum absolute atomic E-state index is 0.277. The van der Waals surface area contributed by atoms with Crippen LogP contribution in [-0.4, -0.2) is 22.9 Å². The SMILES string of the molecule is CC1(C)OB(c2ccc3c(ccn3CC3CC3)c2)OC1(C)C. The van der Waals surface area contributed by atoms with Gasteiger partial charge in [-0.05, 0) is 69.4 Å². The summed E-state index contributed by atoms with van der Waals surface area (Å²) in [6, 6.07) is 8.76. The maximum absolute atomic E-state index is 6.15. The third-order valence-corrected chi connectivity index (χ3v) is 5.47. The molecule has 0 radical (unpaired) electrons. The average molecular weight is 297 g/mol. The Morgan fingerprint density at radius 3 is 2.41 bits per heavy atom. The number of rotatable bonds is 3. The lowest BCUT2D eigenvalue weighted by Crippen LogP contribution is -2.41. The van der Waals surface area contributed by atoms with Crippen molar-refractivity contribution in [3.05, 3.63) is 30.5 Å². The third kappa shape index (κ3) is 2.29. The van der Waals surface area contributed by atoms with E-state index in [-0.39, 0.29) is 18.3 Å². The Bertz CT molecular complexity index is 699. The fourth-order valence-electron chi connectivity index (χ4n) is 3.08. The molecule has 2 aromatic rings. The van der Waals surface area contributed by atoms with Crippen LogP contribution in [0.15, 0.2) is 30.5 Å². The van der Waals surface area contributed by atoms with Crippen molar-refractivity contribution in [3.8, 4) is 0 Å². The molecular formula is C18H24BNO2. The van der Waals surface area contributed by atoms with Gasteiger partial charge in [0.15, 0.2) is 0 Å². The minimum Gasteiger partial charge on any atom is -0.399 e. The second-order valence-corrected chi connectivity index (χ2v) is 7.82. The van der Waals surface area contributed by atoms with Crippen molar-refractivity contribution in [2.24, 2.45) is 5.92 Å². The number of aromatic nitrogens is 1. The molecule has 0 N–H and O–H groups in total. The highest BCUT2D eigenvalue weighted by molar-refractivity contribution is 6.62. The van der Waals surface area contributed by atoms with Crippen LogP contribution >= 0.6 is 0 Å². The van der Waals surface area contributed by atoms with Gasteiger partial charge in [0.05, 0.1) is 11.2 Å². The van der Waals surface area contributed by atoms with Crippen molar-refractivity contribution < 1.29 is 9.31 Å². The van der Waals surface area contributed by atoms with E-state index in [4.69, 9.17) is 9.31 Å². The van der Waals surface area contributed by atoms with Gasteiger partial charge in [0.2, 0.25) is 0 Å². The van der Waals surface area contributed by atoms with E-state index in [1.54, 1.807) is 0 Å². The summed E-state index contributed by atoms with van der Waals surface area (Å²) in [6.45, 7) is 9.53. The lowest BCUT2D eigenvalue weighted by Gasteiger charge is -2.32. The first-order valence-corrected chi connectivity index (χ1v) is 8.30. The molecule has 2 fully saturated rings. The third-order valence-electron chi connectivity index (χ3n) is 5.47. The number of benzene rings is 1. The van der Waals surface area contributed by atoms with Gasteiger partial charge in [0, 0.05) is 18.3 Å². The van der Waals surface area contributed by atoms with Crippen molar-refractivity contribution in [1.82, 2.24) is 4.57 Å². The van der Waals surface area contributed by atoms with Gasteiger partial charge in [-0.3, -0.25) is 0 Å². The summed E-state index contributed by atoms with van der Waals surface area (Å²) in [5, 5.41) is 1.27. The van der Waals surface area contributed by atoms with Crippen LogP contribution in [0.2, 0.25) is 0 Å². The fraction of sp³-hybridized carbons (Fsp3) is 0.556. The van der Waals surface area contributed by atoms with Crippen LogP contribution in [0.4, 0.5) is 0 Å². The molecule has 2 heterocycles. The Balaban J connectivity index is 1.63. The summed E-state index contributed by atoms with van der Waals surface area (Å²) >= 11 is 0. The lowest BCUT2D eigenvalue weighted by molar-refractivity contribution is 0.00578. The highest BCUT2D eigenvalue weighted by Crippen LogP contribution is 2.37. The van der Waals surface area contributed by atoms with Gasteiger partial charge in [-0.25, -0.2) is 0 Å². The Morgan fingerprint density at radius 1 is 1.09 bits per heavy atom. The molecule has 1 saturated heterocycles. The topological polar surface area (TPSA) is 23.4 Å². The van der Waals surface area contributed by atoms with E-state index in [0.29, 0.717) is 0 Å². The number of nitrogens with zero attached hydrogens (tertiary/aromatic N) is 1. The van der Waals surface area contributed by atoms with Crippen LogP contribution < -0.4 is 5.46 Å². The zero-order valence-corrected chi connectivity index (χ0v) is 13.9. The molecule has 1 aliphatic carbocycles. The molecule has 3 nitrogen and oxygen atoms in total. The molecule has 0 spiro atoms. The smallest absolute Gasteiger partial charge is 0.399 e. The minimum atomic E-state index is -0.287. The largest absolute Gasteiger partial charge is 0.494 e. The molecule has 1 aliphatic heterocycles. The van der Waals surface area contributed by atoms with Gasteiger partial charge in [-0.2, -0.15) is 0 Å². The van der Waals surface area contributed by atoms with Crippen LogP contribution in [0.5, 0.6) is 0 Å². The van der Waals surface area contributed by atoms with Crippen LogP contribution in [0.25, 0.3) is 10.9 Å². The Kier molecular flexibility index (Phi) is 3.01. The average Bonchev–Trinajstić information content (AvgIpc) is 3.12. The second kappa shape index (κ2) is 4.62. The van der Waals surface area contributed by atoms with Gasteiger partial charge >= 0.3 is 7.12 Å². The van der Waals surface area contributed by atoms with E-state index < -0.39 is 0 Å². The molecule has 22 heavy (non-hydrogen) atoms. The first kappa shape index (κ1) is 14.3. The van der Waals surface area contributed by atoms with Gasteiger partial charge in [0.25, 0.3) is 0 Å². The molecule has 2 aliphatic rings. The molecule has 4 heteroatoms. The van der Waals surface area contributed by atoms with E-state index in [0.717, 1.165) is 17.9 Å². The van der Waals surface area contributed by atoms with Gasteiger partial charge in [-0.15, -0.1) is 0 Å². The Labute approximate surface area is 132 Å². The predicted molar refractivity (Wildman–Crippen MR) is 90.4 cm³/mol. The normalized spacial score (nSPS) is 23.4. The van der Waals surface area contributed by atoms with Crippen molar-refractivity contribution in [2.75, 3.05) is 0 Å². The zero-order chi connectivity index (χ0) is 15.5. The molecule has 1 aromatic heterocycles. The first-order valence-electron chi connectivity index (χ1n) is 8.30. The standard InChI is InChI=1S/C18H24BNO2/c1-17(2)18(3,4)22-19(21-17)15-7-8-16-14(11-15)9-10-20(16)12-13-5-6-13/h7-11,13H,5-6,12H2,1-4H3. The number of hydrogen-bond acceptors (Lipinski definition) is 2. The molecule has 0 amide bonds. The van der Waals surface area contributed by atoms with E-state index in [1.807, 2.05) is 0 Å². The number of hydrogen-bond donors (Lipinski definition) is 0. The molecule has 1 saturated carbocycles. The lowest BCUT2D eigenvalue weighted by atomic mass is 9.78. The molecule has 0 bridgehead atoms. The summed E-state index contributed by atoms with van der Waals surface area (Å²) in [7, 11) is -0.277. The zero-order valence-electron chi connectivity index (χ0n) is 13.9.